The van der Waals surface area contributed by atoms with Crippen LogP contribution in [0.2, 0.25) is 0 Å². The summed E-state index contributed by atoms with van der Waals surface area (Å²) in [7, 11) is 0. The fraction of sp³-hybridized carbons (Fsp3) is 0.750. The number of aromatic amines is 1. The summed E-state index contributed by atoms with van der Waals surface area (Å²) in [4.78, 5) is 4.48. The van der Waals surface area contributed by atoms with Crippen LogP contribution >= 0.6 is 0 Å². The van der Waals surface area contributed by atoms with Gasteiger partial charge in [0.2, 0.25) is 0 Å². The molecule has 0 spiro atoms. The predicted octanol–water partition coefficient (Wildman–Crippen LogP) is 0.604. The standard InChI is InChI=1S/C12H22N6O/c1-10(19-12(2,3)4)18-7-5-17(6-8-18)9-11-13-15-16-14-11/h1,5-9H2,2-4H3,(H,13,14,15,16). The molecule has 1 saturated heterocycles. The van der Waals surface area contributed by atoms with Crippen LogP contribution in [0.15, 0.2) is 12.5 Å². The first-order chi connectivity index (χ1) is 8.94. The quantitative estimate of drug-likeness (QED) is 0.805. The summed E-state index contributed by atoms with van der Waals surface area (Å²) in [5, 5.41) is 14.0. The van der Waals surface area contributed by atoms with Gasteiger partial charge >= 0.3 is 0 Å². The molecule has 0 aliphatic carbocycles. The number of aromatic nitrogens is 4. The Morgan fingerprint density at radius 3 is 2.53 bits per heavy atom. The van der Waals surface area contributed by atoms with Gasteiger partial charge in [0.1, 0.15) is 5.60 Å². The molecule has 0 radical (unpaired) electrons. The number of piperazine rings is 1. The molecule has 1 aromatic rings. The van der Waals surface area contributed by atoms with Crippen molar-refractivity contribution in [1.82, 2.24) is 30.4 Å². The zero-order valence-electron chi connectivity index (χ0n) is 11.9. The molecule has 2 heterocycles. The fourth-order valence-corrected chi connectivity index (χ4v) is 2.02. The van der Waals surface area contributed by atoms with Crippen molar-refractivity contribution in [3.63, 3.8) is 0 Å². The van der Waals surface area contributed by atoms with E-state index in [0.29, 0.717) is 0 Å². The highest BCUT2D eigenvalue weighted by molar-refractivity contribution is 4.90. The Balaban J connectivity index is 1.77. The molecule has 1 aromatic heterocycles. The summed E-state index contributed by atoms with van der Waals surface area (Å²) in [6.45, 7) is 14.6. The molecule has 1 aliphatic rings. The van der Waals surface area contributed by atoms with Crippen molar-refractivity contribution in [2.45, 2.75) is 32.9 Å². The number of hydrogen-bond donors (Lipinski definition) is 1. The Kier molecular flexibility index (Phi) is 4.04. The van der Waals surface area contributed by atoms with Gasteiger partial charge < -0.3 is 9.64 Å². The molecule has 1 aliphatic heterocycles. The second kappa shape index (κ2) is 5.56. The summed E-state index contributed by atoms with van der Waals surface area (Å²) < 4.78 is 5.79. The van der Waals surface area contributed by atoms with E-state index in [1.807, 2.05) is 20.8 Å². The van der Waals surface area contributed by atoms with E-state index in [2.05, 4.69) is 37.0 Å². The topological polar surface area (TPSA) is 70.2 Å². The maximum absolute atomic E-state index is 5.79. The minimum Gasteiger partial charge on any atom is -0.474 e. The number of rotatable bonds is 4. The lowest BCUT2D eigenvalue weighted by molar-refractivity contribution is -0.0105. The smallest absolute Gasteiger partial charge is 0.188 e. The van der Waals surface area contributed by atoms with E-state index in [-0.39, 0.29) is 5.60 Å². The monoisotopic (exact) mass is 266 g/mol. The molecule has 7 nitrogen and oxygen atoms in total. The fourth-order valence-electron chi connectivity index (χ4n) is 2.02. The summed E-state index contributed by atoms with van der Waals surface area (Å²) >= 11 is 0. The third-order valence-corrected chi connectivity index (χ3v) is 2.90. The van der Waals surface area contributed by atoms with E-state index in [0.717, 1.165) is 44.4 Å². The second-order valence-electron chi connectivity index (χ2n) is 5.70. The van der Waals surface area contributed by atoms with Crippen molar-refractivity contribution >= 4 is 0 Å². The maximum Gasteiger partial charge on any atom is 0.188 e. The Morgan fingerprint density at radius 1 is 1.32 bits per heavy atom. The Labute approximate surface area is 113 Å². The van der Waals surface area contributed by atoms with Gasteiger partial charge in [0.25, 0.3) is 0 Å². The van der Waals surface area contributed by atoms with Crippen molar-refractivity contribution in [1.29, 1.82) is 0 Å². The van der Waals surface area contributed by atoms with E-state index in [1.54, 1.807) is 0 Å². The van der Waals surface area contributed by atoms with E-state index in [9.17, 15) is 0 Å². The van der Waals surface area contributed by atoms with Crippen LogP contribution in [0, 0.1) is 0 Å². The number of tetrazole rings is 1. The lowest BCUT2D eigenvalue weighted by Crippen LogP contribution is -2.46. The molecule has 0 unspecified atom stereocenters. The van der Waals surface area contributed by atoms with Crippen molar-refractivity contribution in [3.05, 3.63) is 18.3 Å². The molecule has 1 N–H and O–H groups in total. The van der Waals surface area contributed by atoms with Gasteiger partial charge in [-0.1, -0.05) is 5.21 Å². The maximum atomic E-state index is 5.79. The van der Waals surface area contributed by atoms with Gasteiger partial charge in [0.05, 0.1) is 6.54 Å². The van der Waals surface area contributed by atoms with E-state index in [1.165, 1.54) is 0 Å². The molecular formula is C12H22N6O. The van der Waals surface area contributed by atoms with Gasteiger partial charge in [-0.2, -0.15) is 5.21 Å². The first kappa shape index (κ1) is 13.8. The first-order valence-corrected chi connectivity index (χ1v) is 6.51. The van der Waals surface area contributed by atoms with Gasteiger partial charge in [0.15, 0.2) is 11.7 Å². The Hall–Kier alpha value is -1.63. The third kappa shape index (κ3) is 4.20. The van der Waals surface area contributed by atoms with E-state index < -0.39 is 0 Å². The van der Waals surface area contributed by atoms with Crippen LogP contribution in [0.25, 0.3) is 0 Å². The summed E-state index contributed by atoms with van der Waals surface area (Å²) in [6.07, 6.45) is 0. The third-order valence-electron chi connectivity index (χ3n) is 2.90. The van der Waals surface area contributed by atoms with Crippen molar-refractivity contribution < 1.29 is 4.74 Å². The number of ether oxygens (including phenoxy) is 1. The highest BCUT2D eigenvalue weighted by Gasteiger charge is 2.22. The van der Waals surface area contributed by atoms with Crippen LogP contribution in [0.4, 0.5) is 0 Å². The molecule has 0 atom stereocenters. The van der Waals surface area contributed by atoms with Gasteiger partial charge in [-0.05, 0) is 27.4 Å². The van der Waals surface area contributed by atoms with E-state index in [4.69, 9.17) is 4.74 Å². The average molecular weight is 266 g/mol. The summed E-state index contributed by atoms with van der Waals surface area (Å²) in [6, 6.07) is 0. The molecule has 7 heteroatoms. The van der Waals surface area contributed by atoms with Crippen molar-refractivity contribution in [3.8, 4) is 0 Å². The molecular weight excluding hydrogens is 244 g/mol. The van der Waals surface area contributed by atoms with Crippen LogP contribution in [-0.2, 0) is 11.3 Å². The minimum atomic E-state index is -0.196. The van der Waals surface area contributed by atoms with Gasteiger partial charge in [0, 0.05) is 26.2 Å². The van der Waals surface area contributed by atoms with Crippen LogP contribution in [0.1, 0.15) is 26.6 Å². The Bertz CT molecular complexity index is 402. The van der Waals surface area contributed by atoms with Crippen molar-refractivity contribution in [2.24, 2.45) is 0 Å². The van der Waals surface area contributed by atoms with Crippen LogP contribution in [0.5, 0.6) is 0 Å². The molecule has 0 amide bonds. The number of hydrogen-bond acceptors (Lipinski definition) is 6. The lowest BCUT2D eigenvalue weighted by atomic mass is 10.2. The zero-order valence-corrected chi connectivity index (χ0v) is 11.9. The van der Waals surface area contributed by atoms with Gasteiger partial charge in [-0.25, -0.2) is 0 Å². The average Bonchev–Trinajstić information content (AvgIpc) is 2.80. The predicted molar refractivity (Wildman–Crippen MR) is 71.0 cm³/mol. The summed E-state index contributed by atoms with van der Waals surface area (Å²) in [5.41, 5.74) is -0.196. The Morgan fingerprint density at radius 2 is 2.00 bits per heavy atom. The second-order valence-corrected chi connectivity index (χ2v) is 5.70. The normalized spacial score (nSPS) is 17.5. The van der Waals surface area contributed by atoms with Crippen LogP contribution in [-0.4, -0.2) is 62.2 Å². The van der Waals surface area contributed by atoms with E-state index >= 15 is 0 Å². The summed E-state index contributed by atoms with van der Waals surface area (Å²) in [5.74, 6) is 1.49. The zero-order chi connectivity index (χ0) is 13.9. The highest BCUT2D eigenvalue weighted by Crippen LogP contribution is 2.17. The molecule has 19 heavy (non-hydrogen) atoms. The van der Waals surface area contributed by atoms with Gasteiger partial charge in [-0.15, -0.1) is 10.2 Å². The minimum absolute atomic E-state index is 0.196. The first-order valence-electron chi connectivity index (χ1n) is 6.51. The van der Waals surface area contributed by atoms with Crippen LogP contribution < -0.4 is 0 Å². The number of H-pyrrole nitrogens is 1. The molecule has 1 fully saturated rings. The molecule has 106 valence electrons. The van der Waals surface area contributed by atoms with Gasteiger partial charge in [-0.3, -0.25) is 4.90 Å². The number of nitrogens with zero attached hydrogens (tertiary/aromatic N) is 5. The molecule has 0 saturated carbocycles. The molecule has 2 rings (SSSR count). The highest BCUT2D eigenvalue weighted by atomic mass is 16.5. The SMILES string of the molecule is C=C(OC(C)(C)C)N1CCN(Cc2nn[nH]n2)CC1. The molecule has 0 bridgehead atoms. The number of nitrogens with one attached hydrogen (secondary N) is 1. The van der Waals surface area contributed by atoms with Crippen molar-refractivity contribution in [2.75, 3.05) is 26.2 Å². The lowest BCUT2D eigenvalue weighted by Gasteiger charge is -2.37. The van der Waals surface area contributed by atoms with Crippen LogP contribution in [0.3, 0.4) is 0 Å². The molecule has 0 aromatic carbocycles. The largest absolute Gasteiger partial charge is 0.474 e.